The maximum atomic E-state index is 12.1. The Labute approximate surface area is 119 Å². The van der Waals surface area contributed by atoms with E-state index in [1.807, 2.05) is 13.8 Å². The van der Waals surface area contributed by atoms with Gasteiger partial charge in [0.1, 0.15) is 9.09 Å². The summed E-state index contributed by atoms with van der Waals surface area (Å²) in [4.78, 5) is 10.7. The van der Waals surface area contributed by atoms with Crippen molar-refractivity contribution in [3.8, 4) is 0 Å². The molecule has 0 bridgehead atoms. The van der Waals surface area contributed by atoms with E-state index < -0.39 is 16.0 Å². The second kappa shape index (κ2) is 5.25. The van der Waals surface area contributed by atoms with Crippen molar-refractivity contribution < 1.29 is 18.3 Å². The van der Waals surface area contributed by atoms with Crippen LogP contribution in [0.4, 0.5) is 5.82 Å². The summed E-state index contributed by atoms with van der Waals surface area (Å²) >= 11 is 0.692. The molecule has 0 aliphatic heterocycles. The van der Waals surface area contributed by atoms with Gasteiger partial charge in [-0.3, -0.25) is 9.82 Å². The molecule has 0 spiro atoms. The number of aromatic amines is 1. The van der Waals surface area contributed by atoms with Gasteiger partial charge in [-0.05, 0) is 18.1 Å². The molecule has 0 amide bonds. The summed E-state index contributed by atoms with van der Waals surface area (Å²) in [6.45, 7) is 3.90. The molecule has 2 heterocycles. The van der Waals surface area contributed by atoms with Gasteiger partial charge in [-0.25, -0.2) is 13.2 Å². The molecule has 2 aromatic rings. The molecule has 0 aromatic carbocycles. The third-order valence-corrected chi connectivity index (χ3v) is 5.44. The molecule has 9 heteroatoms. The topological polar surface area (TPSA) is 112 Å². The zero-order valence-corrected chi connectivity index (χ0v) is 12.4. The van der Waals surface area contributed by atoms with E-state index in [0.717, 1.165) is 5.69 Å². The van der Waals surface area contributed by atoms with Gasteiger partial charge in [0.25, 0.3) is 10.0 Å². The minimum Gasteiger partial charge on any atom is -0.477 e. The van der Waals surface area contributed by atoms with E-state index in [4.69, 9.17) is 5.11 Å². The average Bonchev–Trinajstić information content (AvgIpc) is 2.95. The number of nitrogens with zero attached hydrogens (tertiary/aromatic N) is 1. The molecule has 0 radical (unpaired) electrons. The van der Waals surface area contributed by atoms with Crippen molar-refractivity contribution in [1.29, 1.82) is 0 Å². The van der Waals surface area contributed by atoms with Crippen LogP contribution in [0.15, 0.2) is 22.4 Å². The number of carbonyl (C=O) groups is 1. The van der Waals surface area contributed by atoms with E-state index in [2.05, 4.69) is 14.9 Å². The summed E-state index contributed by atoms with van der Waals surface area (Å²) in [7, 11) is -3.82. The van der Waals surface area contributed by atoms with Crippen molar-refractivity contribution in [2.45, 2.75) is 24.0 Å². The Kier molecular flexibility index (Phi) is 3.82. The van der Waals surface area contributed by atoms with Crippen LogP contribution in [0.2, 0.25) is 0 Å². The van der Waals surface area contributed by atoms with Gasteiger partial charge in [0.15, 0.2) is 5.82 Å². The predicted octanol–water partition coefficient (Wildman–Crippen LogP) is 2.09. The first kappa shape index (κ1) is 14.5. The highest BCUT2D eigenvalue weighted by Gasteiger charge is 2.20. The lowest BCUT2D eigenvalue weighted by molar-refractivity contribution is 0.0702. The van der Waals surface area contributed by atoms with Crippen LogP contribution in [0.25, 0.3) is 0 Å². The lowest BCUT2D eigenvalue weighted by Crippen LogP contribution is -2.11. The molecule has 108 valence electrons. The summed E-state index contributed by atoms with van der Waals surface area (Å²) < 4.78 is 26.4. The number of thiophene rings is 1. The van der Waals surface area contributed by atoms with E-state index in [1.54, 1.807) is 6.07 Å². The first-order valence-corrected chi connectivity index (χ1v) is 8.01. The highest BCUT2D eigenvalue weighted by Crippen LogP contribution is 2.24. The van der Waals surface area contributed by atoms with Gasteiger partial charge in [-0.2, -0.15) is 5.10 Å². The monoisotopic (exact) mass is 315 g/mol. The number of hydrogen-bond donors (Lipinski definition) is 3. The van der Waals surface area contributed by atoms with Gasteiger partial charge in [0.05, 0.1) is 0 Å². The van der Waals surface area contributed by atoms with Gasteiger partial charge >= 0.3 is 5.97 Å². The van der Waals surface area contributed by atoms with Crippen LogP contribution in [-0.4, -0.2) is 29.7 Å². The molecule has 0 aliphatic carbocycles. The summed E-state index contributed by atoms with van der Waals surface area (Å²) in [5, 5.41) is 15.4. The van der Waals surface area contributed by atoms with Gasteiger partial charge in [-0.15, -0.1) is 11.3 Å². The first-order chi connectivity index (χ1) is 9.29. The van der Waals surface area contributed by atoms with Crippen molar-refractivity contribution in [1.82, 2.24) is 10.2 Å². The highest BCUT2D eigenvalue weighted by atomic mass is 32.2. The Bertz CT molecular complexity index is 730. The minimum absolute atomic E-state index is 0.0322. The molecule has 0 fully saturated rings. The molecule has 0 saturated heterocycles. The Morgan fingerprint density at radius 2 is 2.15 bits per heavy atom. The van der Waals surface area contributed by atoms with Gasteiger partial charge < -0.3 is 5.11 Å². The first-order valence-electron chi connectivity index (χ1n) is 5.71. The predicted molar refractivity (Wildman–Crippen MR) is 74.8 cm³/mol. The summed E-state index contributed by atoms with van der Waals surface area (Å²) in [6, 6.07) is 4.12. The van der Waals surface area contributed by atoms with E-state index in [9.17, 15) is 13.2 Å². The van der Waals surface area contributed by atoms with Crippen LogP contribution in [0.1, 0.15) is 35.1 Å². The number of rotatable bonds is 5. The van der Waals surface area contributed by atoms with Crippen LogP contribution in [0.5, 0.6) is 0 Å². The van der Waals surface area contributed by atoms with E-state index >= 15 is 0 Å². The van der Waals surface area contributed by atoms with Crippen LogP contribution in [0.3, 0.4) is 0 Å². The molecule has 0 saturated carbocycles. The largest absolute Gasteiger partial charge is 0.477 e. The molecule has 0 atom stereocenters. The van der Waals surface area contributed by atoms with Crippen molar-refractivity contribution >= 4 is 33.1 Å². The third kappa shape index (κ3) is 2.99. The molecule has 2 aromatic heterocycles. The molecule has 0 aliphatic rings. The highest BCUT2D eigenvalue weighted by molar-refractivity contribution is 7.94. The normalized spacial score (nSPS) is 11.8. The van der Waals surface area contributed by atoms with Crippen molar-refractivity contribution in [2.24, 2.45) is 0 Å². The fourth-order valence-corrected chi connectivity index (χ4v) is 3.59. The van der Waals surface area contributed by atoms with Gasteiger partial charge in [0.2, 0.25) is 0 Å². The molecule has 7 nitrogen and oxygen atoms in total. The Hall–Kier alpha value is -1.87. The maximum absolute atomic E-state index is 12.1. The van der Waals surface area contributed by atoms with Crippen LogP contribution >= 0.6 is 11.3 Å². The van der Waals surface area contributed by atoms with Gasteiger partial charge in [0, 0.05) is 11.8 Å². The molecule has 2 rings (SSSR count). The third-order valence-electron chi connectivity index (χ3n) is 2.52. The minimum atomic E-state index is -3.82. The summed E-state index contributed by atoms with van der Waals surface area (Å²) in [6.07, 6.45) is 0. The number of carboxylic acids is 1. The van der Waals surface area contributed by atoms with Crippen LogP contribution < -0.4 is 4.72 Å². The lowest BCUT2D eigenvalue weighted by Gasteiger charge is -2.01. The molecule has 20 heavy (non-hydrogen) atoms. The summed E-state index contributed by atoms with van der Waals surface area (Å²) in [5.74, 6) is -0.779. The van der Waals surface area contributed by atoms with Crippen molar-refractivity contribution in [3.63, 3.8) is 0 Å². The Morgan fingerprint density at radius 1 is 1.45 bits per heavy atom. The zero-order valence-electron chi connectivity index (χ0n) is 10.7. The van der Waals surface area contributed by atoms with E-state index in [-0.39, 0.29) is 20.8 Å². The second-order valence-electron chi connectivity index (χ2n) is 4.39. The smallest absolute Gasteiger partial charge is 0.345 e. The number of aromatic nitrogens is 2. The van der Waals surface area contributed by atoms with Gasteiger partial charge in [-0.1, -0.05) is 13.8 Å². The Morgan fingerprint density at radius 3 is 2.65 bits per heavy atom. The van der Waals surface area contributed by atoms with Crippen molar-refractivity contribution in [3.05, 3.63) is 28.8 Å². The van der Waals surface area contributed by atoms with E-state index in [1.165, 1.54) is 12.1 Å². The SMILES string of the molecule is CC(C)c1cc(NS(=O)(=O)c2ccc(C(=O)O)s2)n[nH]1. The molecular formula is C11H13N3O4S2. The van der Waals surface area contributed by atoms with Crippen LogP contribution in [-0.2, 0) is 10.0 Å². The number of carboxylic acid groups (broad SMARTS) is 1. The average molecular weight is 315 g/mol. The number of anilines is 1. The molecule has 3 N–H and O–H groups in total. The fraction of sp³-hybridized carbons (Fsp3) is 0.273. The number of aromatic carboxylic acids is 1. The second-order valence-corrected chi connectivity index (χ2v) is 7.39. The maximum Gasteiger partial charge on any atom is 0.345 e. The molecular weight excluding hydrogens is 302 g/mol. The molecule has 0 unspecified atom stereocenters. The standard InChI is InChI=1S/C11H13N3O4S2/c1-6(2)7-5-9(13-12-7)14-20(17,18)10-4-3-8(19-10)11(15)16/h3-6H,1-2H3,(H,15,16)(H2,12,13,14). The number of sulfonamides is 1. The number of nitrogens with one attached hydrogen (secondary N) is 2. The lowest BCUT2D eigenvalue weighted by atomic mass is 10.1. The quantitative estimate of drug-likeness (QED) is 0.782. The summed E-state index contributed by atoms with van der Waals surface area (Å²) in [5.41, 5.74) is 0.806. The fourth-order valence-electron chi connectivity index (χ4n) is 1.45. The van der Waals surface area contributed by atoms with Crippen molar-refractivity contribution in [2.75, 3.05) is 4.72 Å². The van der Waals surface area contributed by atoms with E-state index in [0.29, 0.717) is 11.3 Å². The number of hydrogen-bond acceptors (Lipinski definition) is 5. The number of H-pyrrole nitrogens is 1. The Balaban J connectivity index is 2.23. The zero-order chi connectivity index (χ0) is 14.9. The van der Waals surface area contributed by atoms with Crippen LogP contribution in [0, 0.1) is 0 Å².